The molecule has 0 aliphatic carbocycles. The van der Waals surface area contributed by atoms with Crippen molar-refractivity contribution in [1.29, 1.82) is 0 Å². The minimum atomic E-state index is -1.54. The van der Waals surface area contributed by atoms with Gasteiger partial charge < -0.3 is 20.6 Å². The molecule has 0 saturated carbocycles. The summed E-state index contributed by atoms with van der Waals surface area (Å²) in [5.41, 5.74) is -1.45. The molecule has 0 unspecified atom stereocenters. The van der Waals surface area contributed by atoms with E-state index >= 15 is 0 Å². The minimum absolute atomic E-state index is 0.153. The molecule has 0 heterocycles. The van der Waals surface area contributed by atoms with Gasteiger partial charge in [0.05, 0.1) is 30.3 Å². The third-order valence-electron chi connectivity index (χ3n) is 2.84. The topological polar surface area (TPSA) is 133 Å². The average Bonchev–Trinajstić information content (AvgIpc) is 2.51. The smallest absolute Gasteiger partial charge is 0.276 e. The number of nitrogens with one attached hydrogen (secondary N) is 1. The molecule has 0 radical (unpaired) electrons. The fraction of sp³-hybridized carbons (Fsp3) is 0.308. The Morgan fingerprint density at radius 3 is 2.33 bits per heavy atom. The van der Waals surface area contributed by atoms with Crippen LogP contribution in [0.4, 0.5) is 5.69 Å². The molecule has 1 aromatic rings. The number of aliphatic hydroxyl groups is 3. The molecule has 21 heavy (non-hydrogen) atoms. The maximum atomic E-state index is 11.7. The second-order valence-electron chi connectivity index (χ2n) is 4.39. The monoisotopic (exact) mass is 296 g/mol. The standard InChI is InChI=1S/C13H16N2O6/c16-7-13(8-17,9-18)14-12(19)6-5-10-3-1-2-4-11(10)15(20)21/h1-6,16-18H,7-9H2,(H,14,19)/b6-5+. The molecule has 1 amide bonds. The Labute approximate surface area is 120 Å². The van der Waals surface area contributed by atoms with Gasteiger partial charge >= 0.3 is 0 Å². The normalized spacial score (nSPS) is 11.6. The molecule has 8 nitrogen and oxygen atoms in total. The molecule has 0 atom stereocenters. The Morgan fingerprint density at radius 1 is 1.24 bits per heavy atom. The summed E-state index contributed by atoms with van der Waals surface area (Å²) in [4.78, 5) is 21.9. The van der Waals surface area contributed by atoms with Crippen molar-refractivity contribution < 1.29 is 25.0 Å². The molecule has 114 valence electrons. The molecule has 0 aromatic heterocycles. The summed E-state index contributed by atoms with van der Waals surface area (Å²) in [5, 5.41) is 40.3. The zero-order chi connectivity index (χ0) is 15.9. The fourth-order valence-corrected chi connectivity index (χ4v) is 1.53. The molecule has 0 fully saturated rings. The van der Waals surface area contributed by atoms with Crippen LogP contribution in [0, 0.1) is 10.1 Å². The highest BCUT2D eigenvalue weighted by molar-refractivity contribution is 5.92. The van der Waals surface area contributed by atoms with E-state index < -0.39 is 36.2 Å². The van der Waals surface area contributed by atoms with Gasteiger partial charge in [-0.25, -0.2) is 0 Å². The molecule has 0 aliphatic heterocycles. The molecule has 1 aromatic carbocycles. The van der Waals surface area contributed by atoms with Crippen LogP contribution < -0.4 is 5.32 Å². The molecular formula is C13H16N2O6. The highest BCUT2D eigenvalue weighted by Gasteiger charge is 2.29. The summed E-state index contributed by atoms with van der Waals surface area (Å²) in [6, 6.07) is 5.87. The average molecular weight is 296 g/mol. The number of nitro groups is 1. The van der Waals surface area contributed by atoms with E-state index in [1.54, 1.807) is 6.07 Å². The molecule has 4 N–H and O–H groups in total. The van der Waals surface area contributed by atoms with Crippen molar-refractivity contribution in [2.75, 3.05) is 19.8 Å². The number of carbonyl (C=O) groups is 1. The van der Waals surface area contributed by atoms with Gasteiger partial charge in [0.15, 0.2) is 0 Å². The van der Waals surface area contributed by atoms with Crippen LogP contribution >= 0.6 is 0 Å². The largest absolute Gasteiger partial charge is 0.394 e. The van der Waals surface area contributed by atoms with Gasteiger partial charge in [-0.15, -0.1) is 0 Å². The SMILES string of the molecule is O=C(/C=C/c1ccccc1[N+](=O)[O-])NC(CO)(CO)CO. The number of hydrogen-bond donors (Lipinski definition) is 4. The highest BCUT2D eigenvalue weighted by atomic mass is 16.6. The van der Waals surface area contributed by atoms with Crippen molar-refractivity contribution in [2.24, 2.45) is 0 Å². The van der Waals surface area contributed by atoms with Gasteiger partial charge in [0.2, 0.25) is 5.91 Å². The lowest BCUT2D eigenvalue weighted by molar-refractivity contribution is -0.385. The number of benzene rings is 1. The van der Waals surface area contributed by atoms with Gasteiger partial charge in [-0.05, 0) is 12.1 Å². The van der Waals surface area contributed by atoms with Crippen molar-refractivity contribution in [3.63, 3.8) is 0 Å². The van der Waals surface area contributed by atoms with E-state index in [0.29, 0.717) is 0 Å². The third kappa shape index (κ3) is 4.35. The zero-order valence-corrected chi connectivity index (χ0v) is 11.1. The van der Waals surface area contributed by atoms with Crippen molar-refractivity contribution in [1.82, 2.24) is 5.32 Å². The van der Waals surface area contributed by atoms with Gasteiger partial charge in [0, 0.05) is 12.1 Å². The summed E-state index contributed by atoms with van der Waals surface area (Å²) >= 11 is 0. The van der Waals surface area contributed by atoms with Crippen LogP contribution in [0.5, 0.6) is 0 Å². The van der Waals surface area contributed by atoms with Crippen molar-refractivity contribution in [3.05, 3.63) is 46.0 Å². The first-order valence-electron chi connectivity index (χ1n) is 6.04. The van der Waals surface area contributed by atoms with E-state index in [-0.39, 0.29) is 11.3 Å². The van der Waals surface area contributed by atoms with Gasteiger partial charge in [0.25, 0.3) is 5.69 Å². The lowest BCUT2D eigenvalue weighted by atomic mass is 10.0. The number of nitro benzene ring substituents is 1. The Morgan fingerprint density at radius 2 is 1.81 bits per heavy atom. The molecule has 0 bridgehead atoms. The first kappa shape index (κ1) is 16.8. The summed E-state index contributed by atoms with van der Waals surface area (Å²) in [7, 11) is 0. The van der Waals surface area contributed by atoms with E-state index in [9.17, 15) is 14.9 Å². The summed E-state index contributed by atoms with van der Waals surface area (Å²) in [6.07, 6.45) is 2.27. The van der Waals surface area contributed by atoms with E-state index in [1.165, 1.54) is 24.3 Å². The van der Waals surface area contributed by atoms with Crippen LogP contribution in [0.3, 0.4) is 0 Å². The Kier molecular flexibility index (Phi) is 5.97. The van der Waals surface area contributed by atoms with Crippen molar-refractivity contribution >= 4 is 17.7 Å². The molecule has 8 heteroatoms. The van der Waals surface area contributed by atoms with Gasteiger partial charge in [-0.1, -0.05) is 12.1 Å². The minimum Gasteiger partial charge on any atom is -0.394 e. The van der Waals surface area contributed by atoms with Crippen LogP contribution in [-0.2, 0) is 4.79 Å². The number of rotatable bonds is 7. The first-order chi connectivity index (χ1) is 9.98. The molecule has 0 saturated heterocycles. The summed E-state index contributed by atoms with van der Waals surface area (Å²) in [5.74, 6) is -0.703. The quantitative estimate of drug-likeness (QED) is 0.303. The number of amides is 1. The molecule has 0 aliphatic rings. The van der Waals surface area contributed by atoms with E-state index in [0.717, 1.165) is 6.08 Å². The number of hydrogen-bond acceptors (Lipinski definition) is 6. The lowest BCUT2D eigenvalue weighted by Gasteiger charge is -2.27. The second-order valence-corrected chi connectivity index (χ2v) is 4.39. The maximum absolute atomic E-state index is 11.7. The Hall–Kier alpha value is -2.29. The first-order valence-corrected chi connectivity index (χ1v) is 6.04. The molecular weight excluding hydrogens is 280 g/mol. The third-order valence-corrected chi connectivity index (χ3v) is 2.84. The van der Waals surface area contributed by atoms with Crippen LogP contribution in [0.1, 0.15) is 5.56 Å². The molecule has 1 rings (SSSR count). The van der Waals surface area contributed by atoms with Crippen molar-refractivity contribution in [3.8, 4) is 0 Å². The number of para-hydroxylation sites is 1. The maximum Gasteiger partial charge on any atom is 0.276 e. The van der Waals surface area contributed by atoms with Crippen LogP contribution in [0.2, 0.25) is 0 Å². The van der Waals surface area contributed by atoms with E-state index in [1.807, 2.05) is 0 Å². The summed E-state index contributed by atoms with van der Waals surface area (Å²) in [6.45, 7) is -1.94. The Bertz CT molecular complexity index is 531. The Balaban J connectivity index is 2.86. The number of aliphatic hydroxyl groups excluding tert-OH is 3. The zero-order valence-electron chi connectivity index (χ0n) is 11.1. The van der Waals surface area contributed by atoms with Crippen LogP contribution in [-0.4, -0.2) is 51.5 Å². The fourth-order valence-electron chi connectivity index (χ4n) is 1.53. The van der Waals surface area contributed by atoms with Gasteiger partial charge in [0.1, 0.15) is 5.54 Å². The predicted octanol–water partition coefficient (Wildman–Crippen LogP) is -0.560. The number of nitrogens with zero attached hydrogens (tertiary/aromatic N) is 1. The van der Waals surface area contributed by atoms with Crippen LogP contribution in [0.25, 0.3) is 6.08 Å². The highest BCUT2D eigenvalue weighted by Crippen LogP contribution is 2.18. The van der Waals surface area contributed by atoms with Gasteiger partial charge in [-0.3, -0.25) is 14.9 Å². The predicted molar refractivity (Wildman–Crippen MR) is 74.3 cm³/mol. The second kappa shape index (κ2) is 7.48. The van der Waals surface area contributed by atoms with E-state index in [4.69, 9.17) is 15.3 Å². The van der Waals surface area contributed by atoms with Crippen LogP contribution in [0.15, 0.2) is 30.3 Å². The molecule has 0 spiro atoms. The van der Waals surface area contributed by atoms with Gasteiger partial charge in [-0.2, -0.15) is 0 Å². The summed E-state index contributed by atoms with van der Waals surface area (Å²) < 4.78 is 0. The van der Waals surface area contributed by atoms with E-state index in [2.05, 4.69) is 5.32 Å². The lowest BCUT2D eigenvalue weighted by Crippen LogP contribution is -2.56. The number of carbonyl (C=O) groups excluding carboxylic acids is 1. The van der Waals surface area contributed by atoms with Crippen molar-refractivity contribution in [2.45, 2.75) is 5.54 Å².